The van der Waals surface area contributed by atoms with Crippen LogP contribution in [0.3, 0.4) is 0 Å². The van der Waals surface area contributed by atoms with Crippen molar-refractivity contribution in [1.29, 1.82) is 0 Å². The number of carbonyl (C=O) groups excluding carboxylic acids is 2. The van der Waals surface area contributed by atoms with E-state index >= 15 is 0 Å². The Bertz CT molecular complexity index is 701. The highest BCUT2D eigenvalue weighted by atomic mass is 16.6. The molecule has 5 nitrogen and oxygen atoms in total. The number of rotatable bonds is 7. The minimum atomic E-state index is -0.524. The van der Waals surface area contributed by atoms with Crippen molar-refractivity contribution in [3.05, 3.63) is 29.3 Å². The molecule has 4 fully saturated rings. The first-order valence-electron chi connectivity index (χ1n) is 10.5. The van der Waals surface area contributed by atoms with Crippen LogP contribution in [0, 0.1) is 37.0 Å². The normalized spacial score (nSPS) is 30.1. The monoisotopic (exact) mass is 385 g/mol. The maximum absolute atomic E-state index is 12.2. The lowest BCUT2D eigenvalue weighted by Crippen LogP contribution is -2.51. The van der Waals surface area contributed by atoms with Gasteiger partial charge in [-0.05, 0) is 98.8 Å². The Labute approximate surface area is 167 Å². The summed E-state index contributed by atoms with van der Waals surface area (Å²) in [5.74, 6) is 2.50. The topological polar surface area (TPSA) is 64.6 Å². The van der Waals surface area contributed by atoms with Crippen LogP contribution in [0.15, 0.2) is 18.2 Å². The Hall–Kier alpha value is -2.04. The van der Waals surface area contributed by atoms with E-state index in [-0.39, 0.29) is 19.1 Å². The van der Waals surface area contributed by atoms with Crippen LogP contribution in [0.25, 0.3) is 0 Å². The predicted octanol–water partition coefficient (Wildman–Crippen LogP) is 3.56. The van der Waals surface area contributed by atoms with Crippen molar-refractivity contribution < 1.29 is 19.1 Å². The van der Waals surface area contributed by atoms with E-state index in [0.29, 0.717) is 11.2 Å². The van der Waals surface area contributed by atoms with E-state index < -0.39 is 5.97 Å². The zero-order valence-electron chi connectivity index (χ0n) is 17.0. The van der Waals surface area contributed by atoms with Crippen LogP contribution in [0.4, 0.5) is 0 Å². The number of hydrogen-bond donors (Lipinski definition) is 1. The molecule has 0 atom stereocenters. The molecule has 0 aromatic heterocycles. The summed E-state index contributed by atoms with van der Waals surface area (Å²) in [5, 5.41) is 3.03. The third-order valence-corrected chi connectivity index (χ3v) is 6.74. The first kappa shape index (κ1) is 19.3. The number of esters is 1. The molecule has 4 saturated carbocycles. The molecule has 4 aliphatic carbocycles. The smallest absolute Gasteiger partial charge is 0.344 e. The van der Waals surface area contributed by atoms with Gasteiger partial charge in [-0.1, -0.05) is 6.07 Å². The van der Waals surface area contributed by atoms with E-state index in [9.17, 15) is 9.59 Å². The van der Waals surface area contributed by atoms with Crippen molar-refractivity contribution in [3.8, 4) is 5.75 Å². The first-order valence-corrected chi connectivity index (χ1v) is 10.5. The van der Waals surface area contributed by atoms with Crippen LogP contribution in [0.1, 0.15) is 49.7 Å². The van der Waals surface area contributed by atoms with E-state index in [2.05, 4.69) is 5.32 Å². The Morgan fingerprint density at radius 1 is 0.964 bits per heavy atom. The molecule has 0 saturated heterocycles. The average Bonchev–Trinajstić information content (AvgIpc) is 2.61. The Kier molecular flexibility index (Phi) is 5.35. The second-order valence-corrected chi connectivity index (χ2v) is 9.47. The summed E-state index contributed by atoms with van der Waals surface area (Å²) >= 11 is 0. The standard InChI is InChI=1S/C23H31NO4/c1-15-3-16(2)5-20(4-15)27-13-22(26)28-12-21(25)24-14-23-9-17-6-18(10-23)8-19(7-17)11-23/h3-5,17-19H,6-14H2,1-2H3,(H,24,25). The fourth-order valence-corrected chi connectivity index (χ4v) is 6.19. The van der Waals surface area contributed by atoms with Gasteiger partial charge in [0.2, 0.25) is 0 Å². The van der Waals surface area contributed by atoms with E-state index in [1.165, 1.54) is 38.5 Å². The average molecular weight is 386 g/mol. The van der Waals surface area contributed by atoms with Gasteiger partial charge in [0.05, 0.1) is 0 Å². The maximum atomic E-state index is 12.2. The van der Waals surface area contributed by atoms with Crippen molar-refractivity contribution in [2.45, 2.75) is 52.4 Å². The number of amides is 1. The van der Waals surface area contributed by atoms with Crippen LogP contribution in [-0.2, 0) is 14.3 Å². The lowest BCUT2D eigenvalue weighted by atomic mass is 9.49. The minimum Gasteiger partial charge on any atom is -0.482 e. The molecule has 1 aromatic rings. The molecule has 1 N–H and O–H groups in total. The third kappa shape index (κ3) is 4.50. The predicted molar refractivity (Wildman–Crippen MR) is 106 cm³/mol. The molecule has 152 valence electrons. The fourth-order valence-electron chi connectivity index (χ4n) is 6.19. The Morgan fingerprint density at radius 3 is 2.11 bits per heavy atom. The number of hydrogen-bond acceptors (Lipinski definition) is 4. The Balaban J connectivity index is 1.18. The molecule has 0 radical (unpaired) electrons. The van der Waals surface area contributed by atoms with Gasteiger partial charge in [0, 0.05) is 6.54 Å². The van der Waals surface area contributed by atoms with Crippen LogP contribution in [0.2, 0.25) is 0 Å². The van der Waals surface area contributed by atoms with Crippen molar-refractivity contribution in [2.24, 2.45) is 23.2 Å². The summed E-state index contributed by atoms with van der Waals surface area (Å²) in [5.41, 5.74) is 2.44. The lowest BCUT2D eigenvalue weighted by molar-refractivity contribution is -0.150. The number of benzene rings is 1. The molecule has 4 aliphatic rings. The molecular formula is C23H31NO4. The summed E-state index contributed by atoms with van der Waals surface area (Å²) in [6, 6.07) is 5.79. The second kappa shape index (κ2) is 7.76. The number of nitrogens with one attached hydrogen (secondary N) is 1. The number of ether oxygens (including phenoxy) is 2. The quantitative estimate of drug-likeness (QED) is 0.729. The van der Waals surface area contributed by atoms with Crippen molar-refractivity contribution in [1.82, 2.24) is 5.32 Å². The zero-order valence-corrected chi connectivity index (χ0v) is 17.0. The van der Waals surface area contributed by atoms with Gasteiger partial charge in [0.1, 0.15) is 5.75 Å². The highest BCUT2D eigenvalue weighted by Gasteiger charge is 2.50. The zero-order chi connectivity index (χ0) is 19.7. The minimum absolute atomic E-state index is 0.189. The molecule has 1 amide bonds. The highest BCUT2D eigenvalue weighted by Crippen LogP contribution is 2.59. The third-order valence-electron chi connectivity index (χ3n) is 6.74. The van der Waals surface area contributed by atoms with Crippen molar-refractivity contribution in [2.75, 3.05) is 19.8 Å². The van der Waals surface area contributed by atoms with Gasteiger partial charge in [-0.3, -0.25) is 4.79 Å². The van der Waals surface area contributed by atoms with Gasteiger partial charge >= 0.3 is 5.97 Å². The van der Waals surface area contributed by atoms with Gasteiger partial charge in [0.15, 0.2) is 13.2 Å². The van der Waals surface area contributed by atoms with Gasteiger partial charge < -0.3 is 14.8 Å². The highest BCUT2D eigenvalue weighted by molar-refractivity contribution is 5.80. The number of aryl methyl sites for hydroxylation is 2. The maximum Gasteiger partial charge on any atom is 0.344 e. The summed E-state index contributed by atoms with van der Waals surface area (Å²) in [6.07, 6.45) is 7.94. The van der Waals surface area contributed by atoms with Crippen molar-refractivity contribution in [3.63, 3.8) is 0 Å². The second-order valence-electron chi connectivity index (χ2n) is 9.47. The fraction of sp³-hybridized carbons (Fsp3) is 0.652. The first-order chi connectivity index (χ1) is 13.4. The SMILES string of the molecule is Cc1cc(C)cc(OCC(=O)OCC(=O)NCC23CC4CC(CC(C4)C2)C3)c1. The van der Waals surface area contributed by atoms with Crippen molar-refractivity contribution >= 4 is 11.9 Å². The van der Waals surface area contributed by atoms with Crippen LogP contribution >= 0.6 is 0 Å². The van der Waals surface area contributed by atoms with Gasteiger partial charge in [-0.25, -0.2) is 4.79 Å². The molecule has 0 spiro atoms. The molecule has 1 aromatic carbocycles. The largest absolute Gasteiger partial charge is 0.482 e. The molecule has 28 heavy (non-hydrogen) atoms. The Morgan fingerprint density at radius 2 is 1.54 bits per heavy atom. The molecule has 5 rings (SSSR count). The van der Waals surface area contributed by atoms with E-state index in [0.717, 1.165) is 35.4 Å². The molecule has 0 heterocycles. The number of carbonyl (C=O) groups is 2. The molecule has 0 unspecified atom stereocenters. The summed E-state index contributed by atoms with van der Waals surface area (Å²) in [7, 11) is 0. The summed E-state index contributed by atoms with van der Waals surface area (Å²) < 4.78 is 10.6. The molecule has 0 aliphatic heterocycles. The molecule has 5 heteroatoms. The van der Waals surface area contributed by atoms with Gasteiger partial charge in [0.25, 0.3) is 5.91 Å². The van der Waals surface area contributed by atoms with Gasteiger partial charge in [-0.15, -0.1) is 0 Å². The molecular weight excluding hydrogens is 354 g/mol. The van der Waals surface area contributed by atoms with Crippen LogP contribution < -0.4 is 10.1 Å². The van der Waals surface area contributed by atoms with Gasteiger partial charge in [-0.2, -0.15) is 0 Å². The van der Waals surface area contributed by atoms with E-state index in [4.69, 9.17) is 9.47 Å². The van der Waals surface area contributed by atoms with E-state index in [1.54, 1.807) is 0 Å². The summed E-state index contributed by atoms with van der Waals surface area (Å²) in [6.45, 7) is 4.26. The molecule has 4 bridgehead atoms. The lowest BCUT2D eigenvalue weighted by Gasteiger charge is -2.56. The van der Waals surface area contributed by atoms with E-state index in [1.807, 2.05) is 32.0 Å². The summed E-state index contributed by atoms with van der Waals surface area (Å²) in [4.78, 5) is 24.1. The van der Waals surface area contributed by atoms with Crippen LogP contribution in [-0.4, -0.2) is 31.6 Å². The van der Waals surface area contributed by atoms with Crippen LogP contribution in [0.5, 0.6) is 5.75 Å².